The number of hydrogen-bond acceptors (Lipinski definition) is 4. The van der Waals surface area contributed by atoms with Gasteiger partial charge in [-0.05, 0) is 37.0 Å². The Morgan fingerprint density at radius 3 is 2.22 bits per heavy atom. The lowest BCUT2D eigenvalue weighted by Gasteiger charge is -2.25. The number of carbonyl (C=O) groups excluding carboxylic acids is 2. The Balaban J connectivity index is 2.29. The second kappa shape index (κ2) is 4.41. The lowest BCUT2D eigenvalue weighted by molar-refractivity contribution is -0.169. The van der Waals surface area contributed by atoms with Gasteiger partial charge in [-0.3, -0.25) is 9.59 Å². The van der Waals surface area contributed by atoms with E-state index in [9.17, 15) is 9.59 Å². The molecule has 0 unspecified atom stereocenters. The molecular weight excluding hydrogens is 232 g/mol. The molecule has 3 atom stereocenters. The first kappa shape index (κ1) is 13.1. The fourth-order valence-electron chi connectivity index (χ4n) is 3.69. The molecule has 100 valence electrons. The van der Waals surface area contributed by atoms with Crippen LogP contribution in [0, 0.1) is 23.2 Å². The Morgan fingerprint density at radius 1 is 1.22 bits per heavy atom. The van der Waals surface area contributed by atoms with Crippen molar-refractivity contribution < 1.29 is 19.1 Å². The molecule has 4 heteroatoms. The van der Waals surface area contributed by atoms with Crippen LogP contribution in [0.25, 0.3) is 0 Å². The molecule has 2 aliphatic carbocycles. The average molecular weight is 252 g/mol. The van der Waals surface area contributed by atoms with Gasteiger partial charge in [-0.1, -0.05) is 19.1 Å². The van der Waals surface area contributed by atoms with E-state index in [4.69, 9.17) is 9.47 Å². The summed E-state index contributed by atoms with van der Waals surface area (Å²) in [6, 6.07) is 0. The van der Waals surface area contributed by atoms with Crippen molar-refractivity contribution in [3.8, 4) is 0 Å². The highest BCUT2D eigenvalue weighted by Gasteiger charge is 2.59. The maximum absolute atomic E-state index is 12.0. The fourth-order valence-corrected chi connectivity index (χ4v) is 3.69. The molecule has 0 heterocycles. The van der Waals surface area contributed by atoms with Crippen LogP contribution in [0.3, 0.4) is 0 Å². The molecule has 2 saturated carbocycles. The molecule has 0 aromatic rings. The number of carbonyl (C=O) groups is 2. The summed E-state index contributed by atoms with van der Waals surface area (Å²) in [5.74, 6) is 0.149. The van der Waals surface area contributed by atoms with Crippen LogP contribution in [0.1, 0.15) is 26.2 Å². The van der Waals surface area contributed by atoms with Gasteiger partial charge in [0, 0.05) is 0 Å². The van der Waals surface area contributed by atoms with Crippen LogP contribution in [0.5, 0.6) is 0 Å². The summed E-state index contributed by atoms with van der Waals surface area (Å²) in [5.41, 5.74) is 0.140. The third kappa shape index (κ3) is 1.66. The third-order valence-electron chi connectivity index (χ3n) is 4.76. The van der Waals surface area contributed by atoms with Crippen molar-refractivity contribution in [2.24, 2.45) is 23.2 Å². The Labute approximate surface area is 107 Å². The summed E-state index contributed by atoms with van der Waals surface area (Å²) in [6.45, 7) is 6.19. The van der Waals surface area contributed by atoms with E-state index in [1.165, 1.54) is 19.8 Å². The van der Waals surface area contributed by atoms with Crippen molar-refractivity contribution >= 4 is 11.9 Å². The second-order valence-corrected chi connectivity index (χ2v) is 5.55. The first-order valence-electron chi connectivity index (χ1n) is 6.30. The van der Waals surface area contributed by atoms with Crippen molar-refractivity contribution in [2.75, 3.05) is 14.2 Å². The monoisotopic (exact) mass is 252 g/mol. The molecule has 4 nitrogen and oxygen atoms in total. The summed E-state index contributed by atoms with van der Waals surface area (Å²) in [6.07, 6.45) is 1.96. The highest BCUT2D eigenvalue weighted by molar-refractivity contribution is 6.00. The van der Waals surface area contributed by atoms with Crippen LogP contribution < -0.4 is 0 Å². The lowest BCUT2D eigenvalue weighted by Crippen LogP contribution is -2.39. The molecule has 0 aliphatic heterocycles. The van der Waals surface area contributed by atoms with Crippen LogP contribution in [-0.2, 0) is 19.1 Å². The molecule has 2 rings (SSSR count). The van der Waals surface area contributed by atoms with Gasteiger partial charge in [0.2, 0.25) is 0 Å². The summed E-state index contributed by atoms with van der Waals surface area (Å²) < 4.78 is 9.65. The first-order chi connectivity index (χ1) is 8.46. The Bertz CT molecular complexity index is 383. The van der Waals surface area contributed by atoms with Crippen LogP contribution in [-0.4, -0.2) is 26.2 Å². The first-order valence-corrected chi connectivity index (χ1v) is 6.30. The average Bonchev–Trinajstić information content (AvgIpc) is 2.86. The number of esters is 2. The van der Waals surface area contributed by atoms with E-state index in [1.807, 2.05) is 0 Å². The van der Waals surface area contributed by atoms with E-state index < -0.39 is 17.4 Å². The molecule has 0 spiro atoms. The quantitative estimate of drug-likeness (QED) is 0.428. The van der Waals surface area contributed by atoms with E-state index in [2.05, 4.69) is 13.5 Å². The number of hydrogen-bond donors (Lipinski definition) is 0. The van der Waals surface area contributed by atoms with Gasteiger partial charge in [0.05, 0.1) is 14.2 Å². The van der Waals surface area contributed by atoms with Crippen molar-refractivity contribution in [3.63, 3.8) is 0 Å². The van der Waals surface area contributed by atoms with Crippen LogP contribution in [0.2, 0.25) is 0 Å². The predicted octanol–water partition coefficient (Wildman–Crippen LogP) is 1.94. The zero-order valence-electron chi connectivity index (χ0n) is 11.2. The van der Waals surface area contributed by atoms with Gasteiger partial charge in [0.25, 0.3) is 0 Å². The summed E-state index contributed by atoms with van der Waals surface area (Å²) in [5, 5.41) is 0. The number of methoxy groups -OCH3 is 2. The van der Waals surface area contributed by atoms with Gasteiger partial charge >= 0.3 is 11.9 Å². The zero-order valence-corrected chi connectivity index (χ0v) is 11.2. The standard InChI is InChI=1S/C14H20O4/c1-8-5-10-6-14(12(15)17-3,13(16)18-4)7-11(10)9(8)2/h9-11H,1,5-7H2,2-4H3/t9-,10-,11-/m1/s1. The molecule has 0 bridgehead atoms. The molecule has 18 heavy (non-hydrogen) atoms. The summed E-state index contributed by atoms with van der Waals surface area (Å²) >= 11 is 0. The van der Waals surface area contributed by atoms with E-state index in [1.54, 1.807) is 0 Å². The topological polar surface area (TPSA) is 52.6 Å². The minimum atomic E-state index is -1.09. The maximum atomic E-state index is 12.0. The smallest absolute Gasteiger partial charge is 0.323 e. The van der Waals surface area contributed by atoms with Crippen molar-refractivity contribution in [1.82, 2.24) is 0 Å². The molecule has 0 aromatic heterocycles. The molecule has 0 amide bonds. The molecular formula is C14H20O4. The summed E-state index contributed by atoms with van der Waals surface area (Å²) in [7, 11) is 2.65. The molecule has 0 saturated heterocycles. The van der Waals surface area contributed by atoms with Gasteiger partial charge in [0.15, 0.2) is 5.41 Å². The Hall–Kier alpha value is -1.32. The fraction of sp³-hybridized carbons (Fsp3) is 0.714. The molecule has 0 radical (unpaired) electrons. The van der Waals surface area contributed by atoms with Crippen molar-refractivity contribution in [1.29, 1.82) is 0 Å². The minimum Gasteiger partial charge on any atom is -0.468 e. The second-order valence-electron chi connectivity index (χ2n) is 5.55. The Morgan fingerprint density at radius 2 is 1.78 bits per heavy atom. The van der Waals surface area contributed by atoms with Gasteiger partial charge in [-0.25, -0.2) is 0 Å². The van der Waals surface area contributed by atoms with E-state index in [0.29, 0.717) is 30.6 Å². The highest BCUT2D eigenvalue weighted by Crippen LogP contribution is 2.57. The SMILES string of the molecule is C=C1C[C@@H]2CC(C(=O)OC)(C(=O)OC)C[C@@H]2[C@@H]1C. The number of ether oxygens (including phenoxy) is 2. The van der Waals surface area contributed by atoms with Crippen LogP contribution in [0.15, 0.2) is 12.2 Å². The van der Waals surface area contributed by atoms with Crippen LogP contribution >= 0.6 is 0 Å². The van der Waals surface area contributed by atoms with Gasteiger partial charge in [-0.15, -0.1) is 0 Å². The Kier molecular flexibility index (Phi) is 3.21. The van der Waals surface area contributed by atoms with Crippen molar-refractivity contribution in [3.05, 3.63) is 12.2 Å². The van der Waals surface area contributed by atoms with Crippen molar-refractivity contribution in [2.45, 2.75) is 26.2 Å². The molecule has 0 N–H and O–H groups in total. The molecule has 2 fully saturated rings. The minimum absolute atomic E-state index is 0.343. The van der Waals surface area contributed by atoms with Gasteiger partial charge in [0.1, 0.15) is 0 Å². The van der Waals surface area contributed by atoms with E-state index in [-0.39, 0.29) is 0 Å². The largest absolute Gasteiger partial charge is 0.468 e. The zero-order chi connectivity index (χ0) is 13.5. The number of rotatable bonds is 2. The van der Waals surface area contributed by atoms with E-state index >= 15 is 0 Å². The molecule has 0 aromatic carbocycles. The van der Waals surface area contributed by atoms with Crippen LogP contribution in [0.4, 0.5) is 0 Å². The normalized spacial score (nSPS) is 33.1. The maximum Gasteiger partial charge on any atom is 0.323 e. The van der Waals surface area contributed by atoms with Gasteiger partial charge in [-0.2, -0.15) is 0 Å². The number of allylic oxidation sites excluding steroid dienone is 1. The predicted molar refractivity (Wildman–Crippen MR) is 65.6 cm³/mol. The van der Waals surface area contributed by atoms with Gasteiger partial charge < -0.3 is 9.47 Å². The highest BCUT2D eigenvalue weighted by atomic mass is 16.5. The van der Waals surface area contributed by atoms with E-state index in [0.717, 1.165) is 6.42 Å². The lowest BCUT2D eigenvalue weighted by atomic mass is 9.81. The number of fused-ring (bicyclic) bond motifs is 1. The molecule has 2 aliphatic rings. The third-order valence-corrected chi connectivity index (χ3v) is 4.76. The summed E-state index contributed by atoms with van der Waals surface area (Å²) in [4.78, 5) is 24.0.